The van der Waals surface area contributed by atoms with E-state index in [9.17, 15) is 14.7 Å². The van der Waals surface area contributed by atoms with Crippen LogP contribution >= 0.6 is 0 Å². The van der Waals surface area contributed by atoms with Crippen LogP contribution < -0.4 is 0 Å². The minimum absolute atomic E-state index is 0.0473. The number of hydrogen-bond acceptors (Lipinski definition) is 3. The molecule has 1 aliphatic rings. The van der Waals surface area contributed by atoms with E-state index in [2.05, 4.69) is 20.8 Å². The molecular formula is C25H46O4. The van der Waals surface area contributed by atoms with Crippen LogP contribution in [0.2, 0.25) is 0 Å². The van der Waals surface area contributed by atoms with E-state index in [4.69, 9.17) is 4.74 Å². The topological polar surface area (TPSA) is 63.6 Å². The fourth-order valence-corrected chi connectivity index (χ4v) is 4.83. The van der Waals surface area contributed by atoms with Crippen molar-refractivity contribution in [3.05, 3.63) is 0 Å². The van der Waals surface area contributed by atoms with Gasteiger partial charge >= 0.3 is 11.9 Å². The Kier molecular flexibility index (Phi) is 14.1. The molecule has 1 saturated carbocycles. The molecule has 4 nitrogen and oxygen atoms in total. The standard InChI is InChI=1S/C25H46O4/c1-4-7-9-11-16-21(19-20(14-6-3)15-10-8-5-2)29-25(28)23-18-13-12-17-22(23)24(26)27/h20-23H,4-19H2,1-3H3,(H,26,27). The van der Waals surface area contributed by atoms with Crippen molar-refractivity contribution in [3.63, 3.8) is 0 Å². The van der Waals surface area contributed by atoms with E-state index in [1.807, 2.05) is 0 Å². The third-order valence-electron chi connectivity index (χ3n) is 6.56. The molecule has 0 amide bonds. The summed E-state index contributed by atoms with van der Waals surface area (Å²) in [5, 5.41) is 9.52. The molecular weight excluding hydrogens is 364 g/mol. The van der Waals surface area contributed by atoms with Crippen LogP contribution in [-0.4, -0.2) is 23.1 Å². The Bertz CT molecular complexity index is 448. The number of aliphatic carboxylic acids is 1. The van der Waals surface area contributed by atoms with Gasteiger partial charge in [-0.25, -0.2) is 0 Å². The van der Waals surface area contributed by atoms with Gasteiger partial charge in [0.1, 0.15) is 6.10 Å². The van der Waals surface area contributed by atoms with Crippen molar-refractivity contribution in [2.75, 3.05) is 0 Å². The molecule has 1 fully saturated rings. The highest BCUT2D eigenvalue weighted by Crippen LogP contribution is 2.33. The third kappa shape index (κ3) is 10.5. The van der Waals surface area contributed by atoms with Crippen molar-refractivity contribution in [3.8, 4) is 0 Å². The highest BCUT2D eigenvalue weighted by atomic mass is 16.5. The van der Waals surface area contributed by atoms with Crippen molar-refractivity contribution in [2.45, 2.75) is 130 Å². The molecule has 1 aliphatic carbocycles. The second-order valence-electron chi connectivity index (χ2n) is 9.13. The van der Waals surface area contributed by atoms with E-state index >= 15 is 0 Å². The molecule has 0 aliphatic heterocycles. The molecule has 0 spiro atoms. The van der Waals surface area contributed by atoms with Gasteiger partial charge in [-0.05, 0) is 38.0 Å². The van der Waals surface area contributed by atoms with E-state index < -0.39 is 17.8 Å². The number of carboxylic acids is 1. The molecule has 0 radical (unpaired) electrons. The molecule has 170 valence electrons. The van der Waals surface area contributed by atoms with Gasteiger partial charge in [0.15, 0.2) is 0 Å². The smallest absolute Gasteiger partial charge is 0.310 e. The summed E-state index contributed by atoms with van der Waals surface area (Å²) in [6.07, 6.45) is 16.9. The number of hydrogen-bond donors (Lipinski definition) is 1. The van der Waals surface area contributed by atoms with E-state index in [0.29, 0.717) is 18.8 Å². The number of unbranched alkanes of at least 4 members (excludes halogenated alkanes) is 5. The summed E-state index contributed by atoms with van der Waals surface area (Å²) in [5.41, 5.74) is 0. The highest BCUT2D eigenvalue weighted by molar-refractivity contribution is 5.81. The normalized spacial score (nSPS) is 21.5. The molecule has 4 unspecified atom stereocenters. The lowest BCUT2D eigenvalue weighted by Gasteiger charge is -2.30. The van der Waals surface area contributed by atoms with Gasteiger partial charge in [-0.15, -0.1) is 0 Å². The van der Waals surface area contributed by atoms with Gasteiger partial charge < -0.3 is 9.84 Å². The summed E-state index contributed by atoms with van der Waals surface area (Å²) in [5.74, 6) is -1.50. The molecule has 4 heteroatoms. The lowest BCUT2D eigenvalue weighted by Crippen LogP contribution is -2.36. The van der Waals surface area contributed by atoms with Crippen LogP contribution in [0, 0.1) is 17.8 Å². The Balaban J connectivity index is 2.72. The Morgan fingerprint density at radius 2 is 1.45 bits per heavy atom. The molecule has 4 atom stereocenters. The second kappa shape index (κ2) is 15.7. The van der Waals surface area contributed by atoms with Crippen LogP contribution in [0.15, 0.2) is 0 Å². The van der Waals surface area contributed by atoms with Gasteiger partial charge in [0.2, 0.25) is 0 Å². The van der Waals surface area contributed by atoms with Crippen LogP contribution in [0.25, 0.3) is 0 Å². The van der Waals surface area contributed by atoms with Crippen molar-refractivity contribution in [1.82, 2.24) is 0 Å². The first-order valence-electron chi connectivity index (χ1n) is 12.5. The maximum Gasteiger partial charge on any atom is 0.310 e. The zero-order chi connectivity index (χ0) is 21.5. The largest absolute Gasteiger partial charge is 0.481 e. The summed E-state index contributed by atoms with van der Waals surface area (Å²) in [6, 6.07) is 0. The number of esters is 1. The molecule has 0 heterocycles. The predicted octanol–water partition coefficient (Wildman–Crippen LogP) is 7.15. The van der Waals surface area contributed by atoms with Crippen LogP contribution in [0.3, 0.4) is 0 Å². The molecule has 29 heavy (non-hydrogen) atoms. The zero-order valence-electron chi connectivity index (χ0n) is 19.3. The molecule has 0 aromatic heterocycles. The molecule has 0 aromatic carbocycles. The zero-order valence-corrected chi connectivity index (χ0v) is 19.3. The van der Waals surface area contributed by atoms with Gasteiger partial charge in [0.05, 0.1) is 11.8 Å². The molecule has 0 saturated heterocycles. The van der Waals surface area contributed by atoms with Crippen molar-refractivity contribution < 1.29 is 19.4 Å². The predicted molar refractivity (Wildman–Crippen MR) is 119 cm³/mol. The van der Waals surface area contributed by atoms with Crippen LogP contribution in [0.1, 0.15) is 124 Å². The first-order chi connectivity index (χ1) is 14.0. The number of ether oxygens (including phenoxy) is 1. The van der Waals surface area contributed by atoms with Gasteiger partial charge in [-0.1, -0.05) is 91.4 Å². The van der Waals surface area contributed by atoms with E-state index in [-0.39, 0.29) is 12.1 Å². The number of carbonyl (C=O) groups excluding carboxylic acids is 1. The second-order valence-corrected chi connectivity index (χ2v) is 9.13. The fourth-order valence-electron chi connectivity index (χ4n) is 4.83. The monoisotopic (exact) mass is 410 g/mol. The maximum absolute atomic E-state index is 12.9. The third-order valence-corrected chi connectivity index (χ3v) is 6.56. The Morgan fingerprint density at radius 3 is 2.07 bits per heavy atom. The molecule has 1 rings (SSSR count). The summed E-state index contributed by atoms with van der Waals surface area (Å²) < 4.78 is 6.03. The van der Waals surface area contributed by atoms with Gasteiger partial charge in [-0.3, -0.25) is 9.59 Å². The highest BCUT2D eigenvalue weighted by Gasteiger charge is 2.37. The molecule has 0 bridgehead atoms. The summed E-state index contributed by atoms with van der Waals surface area (Å²) in [6.45, 7) is 6.67. The minimum atomic E-state index is -0.838. The van der Waals surface area contributed by atoms with E-state index in [0.717, 1.165) is 38.5 Å². The number of carbonyl (C=O) groups is 2. The number of carboxylic acid groups (broad SMARTS) is 1. The Hall–Kier alpha value is -1.06. The van der Waals surface area contributed by atoms with Crippen LogP contribution in [0.4, 0.5) is 0 Å². The van der Waals surface area contributed by atoms with Crippen molar-refractivity contribution in [1.29, 1.82) is 0 Å². The molecule has 1 N–H and O–H groups in total. The lowest BCUT2D eigenvalue weighted by molar-refractivity contribution is -0.164. The first-order valence-corrected chi connectivity index (χ1v) is 12.5. The first kappa shape index (κ1) is 26.0. The van der Waals surface area contributed by atoms with Crippen molar-refractivity contribution in [2.24, 2.45) is 17.8 Å². The average Bonchev–Trinajstić information content (AvgIpc) is 2.71. The summed E-state index contributed by atoms with van der Waals surface area (Å²) in [4.78, 5) is 24.5. The van der Waals surface area contributed by atoms with E-state index in [1.54, 1.807) is 0 Å². The lowest BCUT2D eigenvalue weighted by atomic mass is 9.79. The van der Waals surface area contributed by atoms with Gasteiger partial charge in [-0.2, -0.15) is 0 Å². The number of rotatable bonds is 16. The quantitative estimate of drug-likeness (QED) is 0.217. The van der Waals surface area contributed by atoms with Crippen LogP contribution in [-0.2, 0) is 14.3 Å². The van der Waals surface area contributed by atoms with Crippen LogP contribution in [0.5, 0.6) is 0 Å². The van der Waals surface area contributed by atoms with Crippen molar-refractivity contribution >= 4 is 11.9 Å². The average molecular weight is 411 g/mol. The fraction of sp³-hybridized carbons (Fsp3) is 0.920. The maximum atomic E-state index is 12.9. The SMILES string of the molecule is CCCCCCC(CC(CCC)CCCCC)OC(=O)C1CCCCC1C(=O)O. The minimum Gasteiger partial charge on any atom is -0.481 e. The summed E-state index contributed by atoms with van der Waals surface area (Å²) >= 11 is 0. The van der Waals surface area contributed by atoms with E-state index in [1.165, 1.54) is 51.4 Å². The summed E-state index contributed by atoms with van der Waals surface area (Å²) in [7, 11) is 0. The molecule has 0 aromatic rings. The van der Waals surface area contributed by atoms with Gasteiger partial charge in [0.25, 0.3) is 0 Å². The Labute approximate surface area is 179 Å². The Morgan fingerprint density at radius 1 is 0.828 bits per heavy atom. The van der Waals surface area contributed by atoms with Gasteiger partial charge in [0, 0.05) is 0 Å².